The molecule has 1 aliphatic rings. The number of benzene rings is 2. The number of oxazole rings is 1. The number of nitrogens with one attached hydrogen (secondary N) is 2. The van der Waals surface area contributed by atoms with Crippen molar-refractivity contribution in [3.8, 4) is 11.5 Å². The molecule has 0 radical (unpaired) electrons. The van der Waals surface area contributed by atoms with Crippen LogP contribution in [0.2, 0.25) is 0 Å². The van der Waals surface area contributed by atoms with Crippen LogP contribution in [0.1, 0.15) is 34.5 Å². The highest BCUT2D eigenvalue weighted by molar-refractivity contribution is 5.96. The number of hydrogen-bond acceptors (Lipinski definition) is 6. The first kappa shape index (κ1) is 19.6. The van der Waals surface area contributed by atoms with Crippen molar-refractivity contribution in [2.75, 3.05) is 11.9 Å². The lowest BCUT2D eigenvalue weighted by atomic mass is 10.1. The summed E-state index contributed by atoms with van der Waals surface area (Å²) in [5, 5.41) is 17.4. The van der Waals surface area contributed by atoms with Gasteiger partial charge in [0.2, 0.25) is 5.89 Å². The van der Waals surface area contributed by atoms with Crippen LogP contribution >= 0.6 is 0 Å². The van der Waals surface area contributed by atoms with E-state index in [0.717, 1.165) is 29.7 Å². The van der Waals surface area contributed by atoms with Gasteiger partial charge in [0.05, 0.1) is 10.6 Å². The van der Waals surface area contributed by atoms with E-state index in [1.165, 1.54) is 6.07 Å². The molecule has 1 aromatic heterocycles. The standard InChI is InChI=1S/C22H22N4O4/c1-14-2-4-15(5-3-14)22-25-18(13-30-22)10-11-23-19-9-6-16(12-20(19)26(28)29)21(27)24-17-7-8-17/h2-6,9,12-13,17,23H,7-8,10-11H2,1H3,(H,24,27). The van der Waals surface area contributed by atoms with Crippen molar-refractivity contribution in [3.05, 3.63) is 75.7 Å². The molecule has 4 rings (SSSR count). The van der Waals surface area contributed by atoms with Crippen LogP contribution in [0.25, 0.3) is 11.5 Å². The molecule has 1 saturated carbocycles. The van der Waals surface area contributed by atoms with E-state index >= 15 is 0 Å². The molecule has 2 aromatic carbocycles. The quantitative estimate of drug-likeness (QED) is 0.430. The Morgan fingerprint density at radius 2 is 2.00 bits per heavy atom. The molecule has 1 fully saturated rings. The Morgan fingerprint density at radius 1 is 1.23 bits per heavy atom. The molecule has 1 aliphatic carbocycles. The van der Waals surface area contributed by atoms with Crippen molar-refractivity contribution in [2.45, 2.75) is 32.2 Å². The zero-order chi connectivity index (χ0) is 21.1. The molecular formula is C22H22N4O4. The van der Waals surface area contributed by atoms with Gasteiger partial charge in [0.1, 0.15) is 12.0 Å². The molecular weight excluding hydrogens is 384 g/mol. The predicted octanol–water partition coefficient (Wildman–Crippen LogP) is 4.11. The fraction of sp³-hybridized carbons (Fsp3) is 0.273. The van der Waals surface area contributed by atoms with Gasteiger partial charge in [0.15, 0.2) is 0 Å². The average molecular weight is 406 g/mol. The number of carbonyl (C=O) groups is 1. The highest BCUT2D eigenvalue weighted by Gasteiger charge is 2.25. The number of carbonyl (C=O) groups excluding carboxylic acids is 1. The maximum absolute atomic E-state index is 12.1. The molecule has 1 heterocycles. The number of nitro benzene ring substituents is 1. The van der Waals surface area contributed by atoms with E-state index in [1.807, 2.05) is 31.2 Å². The maximum Gasteiger partial charge on any atom is 0.293 e. The number of aromatic nitrogens is 1. The van der Waals surface area contributed by atoms with Gasteiger partial charge in [-0.15, -0.1) is 0 Å². The maximum atomic E-state index is 12.1. The van der Waals surface area contributed by atoms with E-state index in [2.05, 4.69) is 15.6 Å². The Balaban J connectivity index is 1.39. The molecule has 0 atom stereocenters. The molecule has 2 N–H and O–H groups in total. The summed E-state index contributed by atoms with van der Waals surface area (Å²) >= 11 is 0. The van der Waals surface area contributed by atoms with E-state index in [9.17, 15) is 14.9 Å². The third-order valence-corrected chi connectivity index (χ3v) is 4.92. The van der Waals surface area contributed by atoms with Crippen LogP contribution in [0.15, 0.2) is 53.1 Å². The normalized spacial score (nSPS) is 13.1. The van der Waals surface area contributed by atoms with Crippen molar-refractivity contribution >= 4 is 17.3 Å². The zero-order valence-electron chi connectivity index (χ0n) is 16.6. The molecule has 3 aromatic rings. The van der Waals surface area contributed by atoms with E-state index in [-0.39, 0.29) is 17.6 Å². The molecule has 0 saturated heterocycles. The van der Waals surface area contributed by atoms with Gasteiger partial charge in [0.25, 0.3) is 11.6 Å². The summed E-state index contributed by atoms with van der Waals surface area (Å²) in [7, 11) is 0. The van der Waals surface area contributed by atoms with Gasteiger partial charge in [0, 0.05) is 36.2 Å². The third-order valence-electron chi connectivity index (χ3n) is 4.92. The molecule has 30 heavy (non-hydrogen) atoms. The summed E-state index contributed by atoms with van der Waals surface area (Å²) < 4.78 is 5.54. The number of rotatable bonds is 8. The summed E-state index contributed by atoms with van der Waals surface area (Å²) in [6.45, 7) is 2.45. The highest BCUT2D eigenvalue weighted by Crippen LogP contribution is 2.27. The second kappa shape index (κ2) is 8.36. The lowest BCUT2D eigenvalue weighted by Crippen LogP contribution is -2.25. The van der Waals surface area contributed by atoms with Crippen LogP contribution in [-0.4, -0.2) is 28.4 Å². The number of nitrogens with zero attached hydrogens (tertiary/aromatic N) is 2. The van der Waals surface area contributed by atoms with E-state index in [4.69, 9.17) is 4.42 Å². The first-order valence-corrected chi connectivity index (χ1v) is 9.84. The van der Waals surface area contributed by atoms with Gasteiger partial charge in [-0.3, -0.25) is 14.9 Å². The number of anilines is 1. The fourth-order valence-corrected chi connectivity index (χ4v) is 3.05. The second-order valence-electron chi connectivity index (χ2n) is 7.42. The zero-order valence-corrected chi connectivity index (χ0v) is 16.6. The van der Waals surface area contributed by atoms with Crippen molar-refractivity contribution < 1.29 is 14.1 Å². The van der Waals surface area contributed by atoms with Crippen molar-refractivity contribution in [2.24, 2.45) is 0 Å². The molecule has 1 amide bonds. The number of hydrogen-bond donors (Lipinski definition) is 2. The Morgan fingerprint density at radius 3 is 2.70 bits per heavy atom. The Bertz CT molecular complexity index is 1070. The van der Waals surface area contributed by atoms with Gasteiger partial charge in [-0.1, -0.05) is 17.7 Å². The fourth-order valence-electron chi connectivity index (χ4n) is 3.05. The summed E-state index contributed by atoms with van der Waals surface area (Å²) in [5.41, 5.74) is 3.34. The number of amides is 1. The van der Waals surface area contributed by atoms with Gasteiger partial charge in [-0.05, 0) is 44.0 Å². The SMILES string of the molecule is Cc1ccc(-c2nc(CCNc3ccc(C(=O)NC4CC4)cc3[N+](=O)[O-])co2)cc1. The average Bonchev–Trinajstić information content (AvgIpc) is 3.42. The summed E-state index contributed by atoms with van der Waals surface area (Å²) in [5.74, 6) is 0.264. The van der Waals surface area contributed by atoms with Crippen molar-refractivity contribution in [1.29, 1.82) is 0 Å². The van der Waals surface area contributed by atoms with E-state index in [0.29, 0.717) is 30.1 Å². The third kappa shape index (κ3) is 4.65. The minimum Gasteiger partial charge on any atom is -0.444 e. The minimum atomic E-state index is -0.484. The van der Waals surface area contributed by atoms with Crippen LogP contribution in [0.4, 0.5) is 11.4 Å². The molecule has 8 nitrogen and oxygen atoms in total. The van der Waals surface area contributed by atoms with E-state index < -0.39 is 4.92 Å². The van der Waals surface area contributed by atoms with E-state index in [1.54, 1.807) is 18.4 Å². The van der Waals surface area contributed by atoms with Crippen molar-refractivity contribution in [3.63, 3.8) is 0 Å². The minimum absolute atomic E-state index is 0.126. The van der Waals surface area contributed by atoms with Crippen molar-refractivity contribution in [1.82, 2.24) is 10.3 Å². The van der Waals surface area contributed by atoms with Gasteiger partial charge < -0.3 is 15.1 Å². The molecule has 8 heteroatoms. The van der Waals surface area contributed by atoms with Crippen LogP contribution in [0, 0.1) is 17.0 Å². The summed E-state index contributed by atoms with van der Waals surface area (Å²) in [4.78, 5) is 27.6. The first-order chi connectivity index (χ1) is 14.5. The monoisotopic (exact) mass is 406 g/mol. The lowest BCUT2D eigenvalue weighted by Gasteiger charge is -2.08. The number of aryl methyl sites for hydroxylation is 1. The largest absolute Gasteiger partial charge is 0.444 e. The number of nitro groups is 1. The van der Waals surface area contributed by atoms with Crippen LogP contribution < -0.4 is 10.6 Å². The smallest absolute Gasteiger partial charge is 0.293 e. The first-order valence-electron chi connectivity index (χ1n) is 9.84. The second-order valence-corrected chi connectivity index (χ2v) is 7.42. The molecule has 0 bridgehead atoms. The molecule has 154 valence electrons. The molecule has 0 aliphatic heterocycles. The Labute approximate surface area is 173 Å². The van der Waals surface area contributed by atoms with Crippen LogP contribution in [0.3, 0.4) is 0 Å². The lowest BCUT2D eigenvalue weighted by molar-refractivity contribution is -0.384. The summed E-state index contributed by atoms with van der Waals surface area (Å²) in [6.07, 6.45) is 4.05. The molecule has 0 unspecified atom stereocenters. The van der Waals surface area contributed by atoms with Crippen LogP contribution in [0.5, 0.6) is 0 Å². The Hall–Kier alpha value is -3.68. The van der Waals surface area contributed by atoms with Gasteiger partial charge in [-0.25, -0.2) is 4.98 Å². The molecule has 0 spiro atoms. The van der Waals surface area contributed by atoms with Crippen LogP contribution in [-0.2, 0) is 6.42 Å². The highest BCUT2D eigenvalue weighted by atomic mass is 16.6. The Kier molecular flexibility index (Phi) is 5.47. The predicted molar refractivity (Wildman–Crippen MR) is 112 cm³/mol. The summed E-state index contributed by atoms with van der Waals surface area (Å²) in [6, 6.07) is 12.6. The van der Waals surface area contributed by atoms with Gasteiger partial charge >= 0.3 is 0 Å². The van der Waals surface area contributed by atoms with Gasteiger partial charge in [-0.2, -0.15) is 0 Å². The topological polar surface area (TPSA) is 110 Å².